The van der Waals surface area contributed by atoms with Gasteiger partial charge in [-0.15, -0.1) is 22.7 Å². The number of carbonyl (C=O) groups is 1. The molecular weight excluding hydrogens is 318 g/mol. The van der Waals surface area contributed by atoms with Gasteiger partial charge in [0.1, 0.15) is 9.77 Å². The lowest BCUT2D eigenvalue weighted by molar-refractivity contribution is 0.0698. The highest BCUT2D eigenvalue weighted by molar-refractivity contribution is 7.89. The van der Waals surface area contributed by atoms with Gasteiger partial charge in [0.05, 0.1) is 0 Å². The fraction of sp³-hybridized carbons (Fsp3) is 0.250. The smallest absolute Gasteiger partial charge is 0.347 e. The number of aromatic carboxylic acids is 1. The summed E-state index contributed by atoms with van der Waals surface area (Å²) in [5.41, 5.74) is 1.03. The monoisotopic (exact) mass is 331 g/mol. The lowest BCUT2D eigenvalue weighted by Crippen LogP contribution is -2.27. The average Bonchev–Trinajstić information content (AvgIpc) is 2.99. The van der Waals surface area contributed by atoms with Crippen LogP contribution in [0.5, 0.6) is 0 Å². The van der Waals surface area contributed by atoms with E-state index in [1.807, 2.05) is 18.4 Å². The van der Waals surface area contributed by atoms with Gasteiger partial charge in [-0.1, -0.05) is 0 Å². The maximum atomic E-state index is 12.4. The van der Waals surface area contributed by atoms with Crippen LogP contribution in [-0.4, -0.2) is 30.8 Å². The number of thiophene rings is 2. The van der Waals surface area contributed by atoms with Crippen molar-refractivity contribution in [3.8, 4) is 0 Å². The van der Waals surface area contributed by atoms with Crippen molar-refractivity contribution in [3.63, 3.8) is 0 Å². The Morgan fingerprint density at radius 3 is 2.50 bits per heavy atom. The summed E-state index contributed by atoms with van der Waals surface area (Å²) < 4.78 is 26.0. The summed E-state index contributed by atoms with van der Waals surface area (Å²) in [6.45, 7) is 2.15. The van der Waals surface area contributed by atoms with Gasteiger partial charge in [0.2, 0.25) is 10.0 Å². The van der Waals surface area contributed by atoms with E-state index >= 15 is 0 Å². The molecule has 0 aliphatic rings. The number of carboxylic acids is 1. The standard InChI is InChI=1S/C12H13NO4S3/c1-8-3-5-18-9(8)7-13(2)20(16,17)10-4-6-19-11(10)12(14)15/h3-6H,7H2,1-2H3,(H,14,15). The summed E-state index contributed by atoms with van der Waals surface area (Å²) in [5.74, 6) is -1.22. The van der Waals surface area contributed by atoms with Gasteiger partial charge in [-0.3, -0.25) is 0 Å². The van der Waals surface area contributed by atoms with E-state index in [2.05, 4.69) is 0 Å². The Bertz CT molecular complexity index is 729. The maximum absolute atomic E-state index is 12.4. The summed E-state index contributed by atoms with van der Waals surface area (Å²) in [5, 5.41) is 12.4. The van der Waals surface area contributed by atoms with E-state index in [-0.39, 0.29) is 16.3 Å². The highest BCUT2D eigenvalue weighted by atomic mass is 32.2. The Kier molecular flexibility index (Phi) is 4.28. The van der Waals surface area contributed by atoms with Crippen LogP contribution in [0.15, 0.2) is 27.8 Å². The van der Waals surface area contributed by atoms with Crippen LogP contribution in [0.4, 0.5) is 0 Å². The van der Waals surface area contributed by atoms with E-state index in [0.29, 0.717) is 0 Å². The molecular formula is C12H13NO4S3. The van der Waals surface area contributed by atoms with Crippen LogP contribution < -0.4 is 0 Å². The zero-order chi connectivity index (χ0) is 14.9. The van der Waals surface area contributed by atoms with Crippen LogP contribution in [0.2, 0.25) is 0 Å². The van der Waals surface area contributed by atoms with Crippen LogP contribution in [-0.2, 0) is 16.6 Å². The first-order chi connectivity index (χ1) is 9.34. The van der Waals surface area contributed by atoms with Gasteiger partial charge >= 0.3 is 5.97 Å². The van der Waals surface area contributed by atoms with Gasteiger partial charge in [-0.2, -0.15) is 4.31 Å². The Balaban J connectivity index is 2.32. The Morgan fingerprint density at radius 1 is 1.30 bits per heavy atom. The number of hydrogen-bond acceptors (Lipinski definition) is 5. The molecule has 108 valence electrons. The van der Waals surface area contributed by atoms with Crippen molar-refractivity contribution in [1.82, 2.24) is 4.31 Å². The average molecular weight is 331 g/mol. The van der Waals surface area contributed by atoms with Crippen molar-refractivity contribution in [2.75, 3.05) is 7.05 Å². The van der Waals surface area contributed by atoms with Crippen molar-refractivity contribution in [3.05, 3.63) is 38.2 Å². The van der Waals surface area contributed by atoms with Crippen molar-refractivity contribution in [2.45, 2.75) is 18.4 Å². The first-order valence-electron chi connectivity index (χ1n) is 5.64. The maximum Gasteiger partial charge on any atom is 0.347 e. The molecule has 0 amide bonds. The largest absolute Gasteiger partial charge is 0.477 e. The quantitative estimate of drug-likeness (QED) is 0.914. The topological polar surface area (TPSA) is 74.7 Å². The second-order valence-electron chi connectivity index (χ2n) is 4.21. The van der Waals surface area contributed by atoms with Crippen molar-refractivity contribution >= 4 is 38.7 Å². The molecule has 5 nitrogen and oxygen atoms in total. The van der Waals surface area contributed by atoms with E-state index in [9.17, 15) is 13.2 Å². The fourth-order valence-corrected chi connectivity index (χ4v) is 5.09. The summed E-state index contributed by atoms with van der Waals surface area (Å²) in [6, 6.07) is 3.26. The van der Waals surface area contributed by atoms with Gasteiger partial charge in [0.15, 0.2) is 0 Å². The summed E-state index contributed by atoms with van der Waals surface area (Å²) in [4.78, 5) is 11.7. The lowest BCUT2D eigenvalue weighted by atomic mass is 10.3. The van der Waals surface area contributed by atoms with Crippen LogP contribution in [0.3, 0.4) is 0 Å². The molecule has 1 N–H and O–H groups in total. The third kappa shape index (κ3) is 2.78. The van der Waals surface area contributed by atoms with E-state index in [0.717, 1.165) is 21.8 Å². The second-order valence-corrected chi connectivity index (χ2v) is 8.14. The van der Waals surface area contributed by atoms with Gasteiger partial charge in [-0.25, -0.2) is 13.2 Å². The molecule has 20 heavy (non-hydrogen) atoms. The molecule has 2 rings (SSSR count). The van der Waals surface area contributed by atoms with E-state index < -0.39 is 16.0 Å². The Labute approximate surface area is 125 Å². The molecule has 0 unspecified atom stereocenters. The predicted molar refractivity (Wildman–Crippen MR) is 79.0 cm³/mol. The number of sulfonamides is 1. The zero-order valence-electron chi connectivity index (χ0n) is 10.9. The minimum atomic E-state index is -3.79. The first kappa shape index (κ1) is 15.2. The predicted octanol–water partition coefficient (Wildman–Crippen LogP) is 2.64. The van der Waals surface area contributed by atoms with Gasteiger partial charge in [0.25, 0.3) is 0 Å². The number of rotatable bonds is 5. The van der Waals surface area contributed by atoms with Crippen molar-refractivity contribution in [2.24, 2.45) is 0 Å². The third-order valence-corrected chi connectivity index (χ3v) is 6.73. The molecule has 0 aliphatic heterocycles. The molecule has 0 aromatic carbocycles. The first-order valence-corrected chi connectivity index (χ1v) is 8.84. The molecule has 2 aromatic heterocycles. The molecule has 2 heterocycles. The molecule has 0 fully saturated rings. The SMILES string of the molecule is Cc1ccsc1CN(C)S(=O)(=O)c1ccsc1C(=O)O. The van der Waals surface area contributed by atoms with Crippen LogP contribution in [0, 0.1) is 6.92 Å². The molecule has 0 aliphatic carbocycles. The van der Waals surface area contributed by atoms with Gasteiger partial charge < -0.3 is 5.11 Å². The number of carboxylic acid groups (broad SMARTS) is 1. The summed E-state index contributed by atoms with van der Waals surface area (Å²) in [6.07, 6.45) is 0. The van der Waals surface area contributed by atoms with E-state index in [1.165, 1.54) is 34.1 Å². The van der Waals surface area contributed by atoms with Crippen molar-refractivity contribution in [1.29, 1.82) is 0 Å². The molecule has 0 spiro atoms. The summed E-state index contributed by atoms with van der Waals surface area (Å²) >= 11 is 2.39. The second kappa shape index (κ2) is 5.65. The number of hydrogen-bond donors (Lipinski definition) is 1. The third-order valence-electron chi connectivity index (χ3n) is 2.85. The highest BCUT2D eigenvalue weighted by Crippen LogP contribution is 2.27. The zero-order valence-corrected chi connectivity index (χ0v) is 13.3. The van der Waals surface area contributed by atoms with E-state index in [1.54, 1.807) is 0 Å². The van der Waals surface area contributed by atoms with Crippen LogP contribution in [0.1, 0.15) is 20.1 Å². The van der Waals surface area contributed by atoms with E-state index in [4.69, 9.17) is 5.11 Å². The lowest BCUT2D eigenvalue weighted by Gasteiger charge is -2.16. The number of nitrogens with zero attached hydrogens (tertiary/aromatic N) is 1. The minimum Gasteiger partial charge on any atom is -0.477 e. The molecule has 0 saturated carbocycles. The van der Waals surface area contributed by atoms with Crippen LogP contribution >= 0.6 is 22.7 Å². The molecule has 0 radical (unpaired) electrons. The highest BCUT2D eigenvalue weighted by Gasteiger charge is 2.28. The molecule has 0 bridgehead atoms. The Hall–Kier alpha value is -1.22. The fourth-order valence-electron chi connectivity index (χ4n) is 1.68. The minimum absolute atomic E-state index is 0.147. The van der Waals surface area contributed by atoms with Gasteiger partial charge in [0, 0.05) is 18.5 Å². The normalized spacial score (nSPS) is 11.9. The van der Waals surface area contributed by atoms with Crippen molar-refractivity contribution < 1.29 is 18.3 Å². The Morgan fingerprint density at radius 2 is 1.95 bits per heavy atom. The molecule has 0 saturated heterocycles. The summed E-state index contributed by atoms with van der Waals surface area (Å²) in [7, 11) is -2.34. The molecule has 2 aromatic rings. The number of aryl methyl sites for hydroxylation is 1. The van der Waals surface area contributed by atoms with Crippen LogP contribution in [0.25, 0.3) is 0 Å². The molecule has 8 heteroatoms. The van der Waals surface area contributed by atoms with Gasteiger partial charge in [-0.05, 0) is 35.4 Å². The molecule has 0 atom stereocenters.